The number of ether oxygens (including phenoxy) is 1. The lowest BCUT2D eigenvalue weighted by Gasteiger charge is -2.14. The number of hydrogen-bond donors (Lipinski definition) is 1. The molecule has 0 heterocycles. The highest BCUT2D eigenvalue weighted by Crippen LogP contribution is 2.17. The van der Waals surface area contributed by atoms with E-state index >= 15 is 0 Å². The number of non-ortho nitro benzene ring substituents is 1. The van der Waals surface area contributed by atoms with Gasteiger partial charge in [-0.15, -0.1) is 0 Å². The highest BCUT2D eigenvalue weighted by Gasteiger charge is 2.21. The zero-order valence-electron chi connectivity index (χ0n) is 14.7. The number of nitro groups is 1. The predicted molar refractivity (Wildman–Crippen MR) is 91.1 cm³/mol. The molecule has 0 amide bonds. The maximum Gasteiger partial charge on any atom is 0.376 e. The van der Waals surface area contributed by atoms with Crippen molar-refractivity contribution in [2.45, 2.75) is 26.4 Å². The van der Waals surface area contributed by atoms with Crippen molar-refractivity contribution >= 4 is 29.5 Å². The SMILES string of the molecule is CCC(=O)OCC(CO)OOC(=O)C(=Cc1cccc([N+](=O)[O-])c1)C(C)=O. The molecule has 1 aromatic rings. The lowest BCUT2D eigenvalue weighted by molar-refractivity contribution is -0.384. The molecular formula is C17H19NO9. The average molecular weight is 381 g/mol. The highest BCUT2D eigenvalue weighted by molar-refractivity contribution is 6.19. The Labute approximate surface area is 154 Å². The topological polar surface area (TPSA) is 142 Å². The summed E-state index contributed by atoms with van der Waals surface area (Å²) in [5.41, 5.74) is -0.394. The van der Waals surface area contributed by atoms with Crippen LogP contribution in [-0.2, 0) is 28.9 Å². The normalized spacial score (nSPS) is 12.2. The number of nitrogens with zero attached hydrogens (tertiary/aromatic N) is 1. The van der Waals surface area contributed by atoms with Gasteiger partial charge >= 0.3 is 11.9 Å². The van der Waals surface area contributed by atoms with E-state index in [1.54, 1.807) is 6.92 Å². The Kier molecular flexibility index (Phi) is 8.76. The molecule has 1 unspecified atom stereocenters. The number of aliphatic hydroxyl groups is 1. The van der Waals surface area contributed by atoms with E-state index in [1.165, 1.54) is 24.3 Å². The number of benzene rings is 1. The fourth-order valence-electron chi connectivity index (χ4n) is 1.75. The first-order chi connectivity index (χ1) is 12.8. The fourth-order valence-corrected chi connectivity index (χ4v) is 1.75. The number of esters is 1. The number of aliphatic hydroxyl groups excluding tert-OH is 1. The van der Waals surface area contributed by atoms with Crippen LogP contribution in [0.5, 0.6) is 0 Å². The molecule has 1 aromatic carbocycles. The number of ketones is 1. The monoisotopic (exact) mass is 381 g/mol. The molecule has 0 aliphatic heterocycles. The van der Waals surface area contributed by atoms with Gasteiger partial charge in [0.05, 0.1) is 11.5 Å². The van der Waals surface area contributed by atoms with E-state index in [0.29, 0.717) is 0 Å². The average Bonchev–Trinajstić information content (AvgIpc) is 2.65. The van der Waals surface area contributed by atoms with Crippen LogP contribution in [0.3, 0.4) is 0 Å². The number of nitro benzene ring substituents is 1. The van der Waals surface area contributed by atoms with Crippen molar-refractivity contribution in [1.29, 1.82) is 0 Å². The molecule has 0 spiro atoms. The van der Waals surface area contributed by atoms with Crippen LogP contribution in [0.15, 0.2) is 29.8 Å². The predicted octanol–water partition coefficient (Wildman–Crippen LogP) is 1.36. The molecule has 0 aliphatic carbocycles. The summed E-state index contributed by atoms with van der Waals surface area (Å²) in [6, 6.07) is 5.30. The summed E-state index contributed by atoms with van der Waals surface area (Å²) >= 11 is 0. The van der Waals surface area contributed by atoms with E-state index in [2.05, 4.69) is 4.89 Å². The van der Waals surface area contributed by atoms with Crippen LogP contribution >= 0.6 is 0 Å². The van der Waals surface area contributed by atoms with Crippen LogP contribution in [0.1, 0.15) is 25.8 Å². The van der Waals surface area contributed by atoms with Crippen LogP contribution in [0, 0.1) is 10.1 Å². The number of rotatable bonds is 10. The second-order valence-electron chi connectivity index (χ2n) is 5.27. The van der Waals surface area contributed by atoms with E-state index < -0.39 is 40.9 Å². The quantitative estimate of drug-likeness (QED) is 0.121. The minimum atomic E-state index is -1.16. The Hall–Kier alpha value is -3.11. The van der Waals surface area contributed by atoms with Crippen LogP contribution in [0.2, 0.25) is 0 Å². The van der Waals surface area contributed by atoms with Crippen molar-refractivity contribution in [2.24, 2.45) is 0 Å². The van der Waals surface area contributed by atoms with E-state index in [1.807, 2.05) is 0 Å². The molecule has 10 nitrogen and oxygen atoms in total. The first kappa shape index (κ1) is 21.9. The lowest BCUT2D eigenvalue weighted by Crippen LogP contribution is -2.28. The van der Waals surface area contributed by atoms with Gasteiger partial charge in [-0.05, 0) is 18.6 Å². The van der Waals surface area contributed by atoms with Crippen LogP contribution in [-0.4, -0.2) is 47.1 Å². The molecule has 0 fully saturated rings. The van der Waals surface area contributed by atoms with Gasteiger partial charge in [0.1, 0.15) is 12.2 Å². The van der Waals surface area contributed by atoms with Gasteiger partial charge in [-0.1, -0.05) is 19.1 Å². The van der Waals surface area contributed by atoms with E-state index in [-0.39, 0.29) is 24.3 Å². The van der Waals surface area contributed by atoms with E-state index in [0.717, 1.165) is 13.0 Å². The molecule has 1 atom stereocenters. The Morgan fingerprint density at radius 1 is 1.33 bits per heavy atom. The lowest BCUT2D eigenvalue weighted by atomic mass is 10.1. The highest BCUT2D eigenvalue weighted by atomic mass is 17.2. The third-order valence-corrected chi connectivity index (χ3v) is 3.17. The molecule has 10 heteroatoms. The zero-order chi connectivity index (χ0) is 20.4. The van der Waals surface area contributed by atoms with Crippen molar-refractivity contribution in [3.05, 3.63) is 45.5 Å². The smallest absolute Gasteiger partial charge is 0.376 e. The number of carbonyl (C=O) groups excluding carboxylic acids is 3. The minimum Gasteiger partial charge on any atom is -0.463 e. The molecule has 0 saturated heterocycles. The summed E-state index contributed by atoms with van der Waals surface area (Å²) < 4.78 is 4.76. The zero-order valence-corrected chi connectivity index (χ0v) is 14.7. The summed E-state index contributed by atoms with van der Waals surface area (Å²) in [5, 5.41) is 19.9. The Balaban J connectivity index is 2.83. The minimum absolute atomic E-state index is 0.123. The van der Waals surface area contributed by atoms with Crippen molar-refractivity contribution in [1.82, 2.24) is 0 Å². The number of carbonyl (C=O) groups is 3. The van der Waals surface area contributed by atoms with Gasteiger partial charge in [-0.3, -0.25) is 24.6 Å². The Morgan fingerprint density at radius 2 is 2.04 bits per heavy atom. The Bertz CT molecular complexity index is 742. The van der Waals surface area contributed by atoms with Gasteiger partial charge in [-0.25, -0.2) is 4.79 Å². The summed E-state index contributed by atoms with van der Waals surface area (Å²) in [4.78, 5) is 54.2. The molecular weight excluding hydrogens is 362 g/mol. The Morgan fingerprint density at radius 3 is 2.59 bits per heavy atom. The second kappa shape index (κ2) is 10.8. The standard InChI is InChI=1S/C17H19NO9/c1-3-16(21)25-10-14(9-19)26-27-17(22)15(11(2)20)8-12-5-4-6-13(7-12)18(23)24/h4-8,14,19H,3,9-10H2,1-2H3. The first-order valence-electron chi connectivity index (χ1n) is 7.89. The van der Waals surface area contributed by atoms with Crippen molar-refractivity contribution in [3.63, 3.8) is 0 Å². The molecule has 0 radical (unpaired) electrons. The second-order valence-corrected chi connectivity index (χ2v) is 5.27. The van der Waals surface area contributed by atoms with Crippen molar-refractivity contribution in [2.75, 3.05) is 13.2 Å². The fraction of sp³-hybridized carbons (Fsp3) is 0.353. The van der Waals surface area contributed by atoms with Crippen LogP contribution in [0.25, 0.3) is 6.08 Å². The van der Waals surface area contributed by atoms with Gasteiger partial charge in [-0.2, -0.15) is 4.89 Å². The molecule has 0 saturated carbocycles. The summed E-state index contributed by atoms with van der Waals surface area (Å²) in [7, 11) is 0. The van der Waals surface area contributed by atoms with E-state index in [9.17, 15) is 24.5 Å². The molecule has 146 valence electrons. The van der Waals surface area contributed by atoms with Crippen LogP contribution in [0.4, 0.5) is 5.69 Å². The van der Waals surface area contributed by atoms with Gasteiger partial charge in [0.2, 0.25) is 0 Å². The van der Waals surface area contributed by atoms with Gasteiger partial charge in [0, 0.05) is 18.6 Å². The van der Waals surface area contributed by atoms with Crippen molar-refractivity contribution < 1.29 is 38.9 Å². The van der Waals surface area contributed by atoms with Gasteiger partial charge in [0.25, 0.3) is 5.69 Å². The molecule has 0 aliphatic rings. The number of Topliss-reactive ketones (excluding diaryl/α,β-unsaturated/α-hetero) is 1. The molecule has 27 heavy (non-hydrogen) atoms. The van der Waals surface area contributed by atoms with Gasteiger partial charge in [0.15, 0.2) is 11.9 Å². The van der Waals surface area contributed by atoms with Crippen molar-refractivity contribution in [3.8, 4) is 0 Å². The summed E-state index contributed by atoms with van der Waals surface area (Å²) in [6.07, 6.45) is 0.111. The summed E-state index contributed by atoms with van der Waals surface area (Å²) in [5.74, 6) is -2.35. The van der Waals surface area contributed by atoms with Crippen LogP contribution < -0.4 is 0 Å². The molecule has 0 aromatic heterocycles. The summed E-state index contributed by atoms with van der Waals surface area (Å²) in [6.45, 7) is 1.74. The van der Waals surface area contributed by atoms with E-state index in [4.69, 9.17) is 14.7 Å². The third kappa shape index (κ3) is 7.34. The molecule has 1 N–H and O–H groups in total. The largest absolute Gasteiger partial charge is 0.463 e. The third-order valence-electron chi connectivity index (χ3n) is 3.17. The number of hydrogen-bond acceptors (Lipinski definition) is 9. The maximum absolute atomic E-state index is 12.1. The molecule has 0 bridgehead atoms. The maximum atomic E-state index is 12.1. The molecule has 1 rings (SSSR count). The first-order valence-corrected chi connectivity index (χ1v) is 7.89. The van der Waals surface area contributed by atoms with Gasteiger partial charge < -0.3 is 9.84 Å².